The Labute approximate surface area is 162 Å². The summed E-state index contributed by atoms with van der Waals surface area (Å²) in [5.41, 5.74) is 0.321. The second kappa shape index (κ2) is 9.99. The number of alkyl halides is 2. The summed E-state index contributed by atoms with van der Waals surface area (Å²) in [5.74, 6) is 0.0408. The second-order valence-electron chi connectivity index (χ2n) is 6.79. The number of benzene rings is 1. The number of nitrogens with zero attached hydrogens (tertiary/aromatic N) is 1. The number of carbonyl (C=O) groups is 1. The zero-order valence-corrected chi connectivity index (χ0v) is 15.9. The summed E-state index contributed by atoms with van der Waals surface area (Å²) in [7, 11) is 1.34. The number of methoxy groups -OCH3 is 1. The van der Waals surface area contributed by atoms with E-state index in [1.165, 1.54) is 25.3 Å². The predicted octanol–water partition coefficient (Wildman–Crippen LogP) is 1.76. The largest absolute Gasteiger partial charge is 0.493 e. The molecule has 7 nitrogen and oxygen atoms in total. The minimum atomic E-state index is -2.96. The van der Waals surface area contributed by atoms with E-state index < -0.39 is 6.61 Å². The summed E-state index contributed by atoms with van der Waals surface area (Å²) >= 11 is 0. The highest BCUT2D eigenvalue weighted by atomic mass is 19.3. The third-order valence-electron chi connectivity index (χ3n) is 5.14. The zero-order chi connectivity index (χ0) is 19.9. The molecule has 0 bridgehead atoms. The first-order valence-electron chi connectivity index (χ1n) is 9.39. The van der Waals surface area contributed by atoms with Gasteiger partial charge in [0, 0.05) is 43.8 Å². The van der Waals surface area contributed by atoms with Gasteiger partial charge < -0.3 is 24.3 Å². The van der Waals surface area contributed by atoms with Gasteiger partial charge in [-0.05, 0) is 24.6 Å². The lowest BCUT2D eigenvalue weighted by Crippen LogP contribution is -2.52. The highest BCUT2D eigenvalue weighted by Gasteiger charge is 2.31. The van der Waals surface area contributed by atoms with Crippen LogP contribution in [0.3, 0.4) is 0 Å². The third-order valence-corrected chi connectivity index (χ3v) is 5.14. The number of hydrogen-bond acceptors (Lipinski definition) is 6. The van der Waals surface area contributed by atoms with E-state index in [1.807, 2.05) is 0 Å². The Morgan fingerprint density at radius 2 is 2.04 bits per heavy atom. The van der Waals surface area contributed by atoms with E-state index in [4.69, 9.17) is 14.2 Å². The molecule has 2 heterocycles. The minimum absolute atomic E-state index is 0.0851. The molecular weight excluding hydrogens is 374 g/mol. The molecule has 156 valence electrons. The maximum absolute atomic E-state index is 12.6. The van der Waals surface area contributed by atoms with Gasteiger partial charge in [0.15, 0.2) is 11.5 Å². The number of amides is 1. The lowest BCUT2D eigenvalue weighted by Gasteiger charge is -2.37. The normalized spacial score (nSPS) is 21.5. The zero-order valence-electron chi connectivity index (χ0n) is 15.9. The molecule has 2 atom stereocenters. The fraction of sp³-hybridized carbons (Fsp3) is 0.632. The maximum Gasteiger partial charge on any atom is 0.387 e. The molecule has 0 aromatic heterocycles. The quantitative estimate of drug-likeness (QED) is 0.717. The lowest BCUT2D eigenvalue weighted by atomic mass is 9.96. The number of halogens is 2. The van der Waals surface area contributed by atoms with E-state index in [-0.39, 0.29) is 23.4 Å². The fourth-order valence-electron chi connectivity index (χ4n) is 3.66. The van der Waals surface area contributed by atoms with Crippen LogP contribution in [-0.4, -0.2) is 76.6 Å². The monoisotopic (exact) mass is 400 g/mol. The van der Waals surface area contributed by atoms with Crippen molar-refractivity contribution in [2.24, 2.45) is 5.92 Å². The fourth-order valence-corrected chi connectivity index (χ4v) is 3.66. The van der Waals surface area contributed by atoms with Crippen molar-refractivity contribution < 1.29 is 32.5 Å². The predicted molar refractivity (Wildman–Crippen MR) is 97.1 cm³/mol. The van der Waals surface area contributed by atoms with Crippen LogP contribution >= 0.6 is 0 Å². The number of carbonyl (C=O) groups excluding carboxylic acids is 1. The molecule has 0 aliphatic carbocycles. The summed E-state index contributed by atoms with van der Waals surface area (Å²) < 4.78 is 45.3. The third kappa shape index (κ3) is 5.30. The summed E-state index contributed by atoms with van der Waals surface area (Å²) in [6.45, 7) is 1.95. The first-order chi connectivity index (χ1) is 13.6. The van der Waals surface area contributed by atoms with E-state index in [1.54, 1.807) is 0 Å². The Bertz CT molecular complexity index is 649. The van der Waals surface area contributed by atoms with Crippen molar-refractivity contribution >= 4 is 5.91 Å². The first-order valence-corrected chi connectivity index (χ1v) is 9.39. The molecule has 1 aromatic rings. The molecule has 2 unspecified atom stereocenters. The molecule has 1 amide bonds. The molecular formula is C19H26F2N2O5. The van der Waals surface area contributed by atoms with Crippen molar-refractivity contribution in [2.75, 3.05) is 53.2 Å². The van der Waals surface area contributed by atoms with Gasteiger partial charge in [0.25, 0.3) is 5.91 Å². The van der Waals surface area contributed by atoms with E-state index in [2.05, 4.69) is 15.0 Å². The van der Waals surface area contributed by atoms with Gasteiger partial charge in [-0.1, -0.05) is 0 Å². The van der Waals surface area contributed by atoms with E-state index in [0.717, 1.165) is 26.1 Å². The first kappa shape index (κ1) is 20.8. The SMILES string of the molecule is COc1cc(C(=O)NCC(C2CCOC2)N2CCOCC2)ccc1OC(F)F. The van der Waals surface area contributed by atoms with Crippen LogP contribution in [0.1, 0.15) is 16.8 Å². The Morgan fingerprint density at radius 1 is 1.25 bits per heavy atom. The molecule has 2 aliphatic rings. The van der Waals surface area contributed by atoms with Gasteiger partial charge in [0.2, 0.25) is 0 Å². The topological polar surface area (TPSA) is 69.3 Å². The average Bonchev–Trinajstić information content (AvgIpc) is 3.23. The van der Waals surface area contributed by atoms with Gasteiger partial charge in [-0.3, -0.25) is 9.69 Å². The molecule has 2 fully saturated rings. The molecule has 28 heavy (non-hydrogen) atoms. The van der Waals surface area contributed by atoms with Crippen molar-refractivity contribution in [1.29, 1.82) is 0 Å². The van der Waals surface area contributed by atoms with Crippen molar-refractivity contribution in [3.8, 4) is 11.5 Å². The molecule has 9 heteroatoms. The van der Waals surface area contributed by atoms with Crippen molar-refractivity contribution in [1.82, 2.24) is 10.2 Å². The Kier molecular flexibility index (Phi) is 7.41. The van der Waals surface area contributed by atoms with Gasteiger partial charge >= 0.3 is 6.61 Å². The molecule has 1 N–H and O–H groups in total. The van der Waals surface area contributed by atoms with Gasteiger partial charge in [-0.25, -0.2) is 0 Å². The highest BCUT2D eigenvalue weighted by molar-refractivity contribution is 5.94. The number of ether oxygens (including phenoxy) is 4. The molecule has 2 saturated heterocycles. The summed E-state index contributed by atoms with van der Waals surface area (Å²) in [6, 6.07) is 4.32. The number of nitrogens with one attached hydrogen (secondary N) is 1. The maximum atomic E-state index is 12.6. The minimum Gasteiger partial charge on any atom is -0.493 e. The second-order valence-corrected chi connectivity index (χ2v) is 6.79. The molecule has 0 spiro atoms. The average molecular weight is 400 g/mol. The Balaban J connectivity index is 1.65. The molecule has 0 saturated carbocycles. The van der Waals surface area contributed by atoms with Gasteiger partial charge in [-0.2, -0.15) is 8.78 Å². The van der Waals surface area contributed by atoms with Crippen LogP contribution < -0.4 is 14.8 Å². The van der Waals surface area contributed by atoms with Crippen LogP contribution in [0.4, 0.5) is 8.78 Å². The van der Waals surface area contributed by atoms with Crippen LogP contribution in [-0.2, 0) is 9.47 Å². The van der Waals surface area contributed by atoms with Crippen LogP contribution in [0, 0.1) is 5.92 Å². The van der Waals surface area contributed by atoms with Crippen LogP contribution in [0.5, 0.6) is 11.5 Å². The Hall–Kier alpha value is -1.97. The van der Waals surface area contributed by atoms with Crippen molar-refractivity contribution in [3.05, 3.63) is 23.8 Å². The number of hydrogen-bond donors (Lipinski definition) is 1. The number of morpholine rings is 1. The van der Waals surface area contributed by atoms with Gasteiger partial charge in [-0.15, -0.1) is 0 Å². The standard InChI is InChI=1S/C19H26F2N2O5/c1-25-17-10-13(2-3-16(17)28-19(20)21)18(24)22-11-15(14-4-7-27-12-14)23-5-8-26-9-6-23/h2-3,10,14-15,19H,4-9,11-12H2,1H3,(H,22,24). The molecule has 2 aliphatic heterocycles. The van der Waals surface area contributed by atoms with Crippen LogP contribution in [0.25, 0.3) is 0 Å². The molecule has 1 aromatic carbocycles. The van der Waals surface area contributed by atoms with Crippen LogP contribution in [0.15, 0.2) is 18.2 Å². The Morgan fingerprint density at radius 3 is 2.68 bits per heavy atom. The summed E-state index contributed by atoms with van der Waals surface area (Å²) in [6.07, 6.45) is 0.964. The van der Waals surface area contributed by atoms with E-state index >= 15 is 0 Å². The highest BCUT2D eigenvalue weighted by Crippen LogP contribution is 2.29. The summed E-state index contributed by atoms with van der Waals surface area (Å²) in [4.78, 5) is 15.0. The lowest BCUT2D eigenvalue weighted by molar-refractivity contribution is -0.0512. The van der Waals surface area contributed by atoms with Crippen LogP contribution in [0.2, 0.25) is 0 Å². The van der Waals surface area contributed by atoms with E-state index in [9.17, 15) is 13.6 Å². The van der Waals surface area contributed by atoms with Gasteiger partial charge in [0.1, 0.15) is 0 Å². The molecule has 0 radical (unpaired) electrons. The van der Waals surface area contributed by atoms with Crippen molar-refractivity contribution in [2.45, 2.75) is 19.1 Å². The van der Waals surface area contributed by atoms with Crippen molar-refractivity contribution in [3.63, 3.8) is 0 Å². The molecule has 3 rings (SSSR count). The summed E-state index contributed by atoms with van der Waals surface area (Å²) in [5, 5.41) is 2.96. The number of rotatable bonds is 8. The smallest absolute Gasteiger partial charge is 0.387 e. The van der Waals surface area contributed by atoms with E-state index in [0.29, 0.717) is 37.8 Å². The van der Waals surface area contributed by atoms with Gasteiger partial charge in [0.05, 0.1) is 26.9 Å².